The molecule has 1 nitrogen and oxygen atoms in total. The lowest BCUT2D eigenvalue weighted by Gasteiger charge is -2.23. The molecule has 0 bridgehead atoms. The molecule has 16 heavy (non-hydrogen) atoms. The van der Waals surface area contributed by atoms with Gasteiger partial charge in [-0.2, -0.15) is 0 Å². The van der Waals surface area contributed by atoms with Gasteiger partial charge in [0.15, 0.2) is 0 Å². The van der Waals surface area contributed by atoms with Gasteiger partial charge in [-0.25, -0.2) is 0 Å². The maximum absolute atomic E-state index is 3.64. The number of likely N-dealkylation sites (N-methyl/N-ethyl adjacent to an activating group) is 1. The lowest BCUT2D eigenvalue weighted by molar-refractivity contribution is 0.491. The van der Waals surface area contributed by atoms with Gasteiger partial charge in [0.05, 0.1) is 0 Å². The molecule has 0 radical (unpaired) electrons. The second-order valence-electron chi connectivity index (χ2n) is 4.99. The van der Waals surface area contributed by atoms with Gasteiger partial charge < -0.3 is 5.32 Å². The Morgan fingerprint density at radius 3 is 2.81 bits per heavy atom. The average Bonchev–Trinajstić information content (AvgIpc) is 2.71. The van der Waals surface area contributed by atoms with Crippen molar-refractivity contribution in [2.75, 3.05) is 6.54 Å². The molecule has 1 heteroatoms. The van der Waals surface area contributed by atoms with Crippen LogP contribution in [-0.4, -0.2) is 12.6 Å². The quantitative estimate of drug-likeness (QED) is 0.816. The summed E-state index contributed by atoms with van der Waals surface area (Å²) in [5, 5.41) is 3.64. The van der Waals surface area contributed by atoms with Crippen LogP contribution in [0.2, 0.25) is 0 Å². The molecule has 1 aliphatic carbocycles. The standard InChI is InChI=1S/C15H23N/c1-4-16-15-10-6-9-14(15)13-8-5-7-11(2)12(13)3/h5,7-8,14-16H,4,6,9-10H2,1-3H3. The summed E-state index contributed by atoms with van der Waals surface area (Å²) in [6.45, 7) is 7.78. The molecular formula is C15H23N. The van der Waals surface area contributed by atoms with Crippen LogP contribution in [0, 0.1) is 13.8 Å². The molecule has 88 valence electrons. The van der Waals surface area contributed by atoms with Gasteiger partial charge in [0.1, 0.15) is 0 Å². The predicted molar refractivity (Wildman–Crippen MR) is 70.0 cm³/mol. The van der Waals surface area contributed by atoms with Crippen molar-refractivity contribution in [3.05, 3.63) is 34.9 Å². The Hall–Kier alpha value is -0.820. The first-order chi connectivity index (χ1) is 7.74. The lowest BCUT2D eigenvalue weighted by Crippen LogP contribution is -2.31. The molecule has 2 rings (SSSR count). The van der Waals surface area contributed by atoms with Gasteiger partial charge in [-0.3, -0.25) is 0 Å². The van der Waals surface area contributed by atoms with Crippen LogP contribution in [-0.2, 0) is 0 Å². The number of nitrogens with one attached hydrogen (secondary N) is 1. The van der Waals surface area contributed by atoms with Crippen LogP contribution in [0.3, 0.4) is 0 Å². The van der Waals surface area contributed by atoms with Crippen LogP contribution in [0.4, 0.5) is 0 Å². The molecule has 1 aromatic carbocycles. The first kappa shape index (κ1) is 11.7. The summed E-state index contributed by atoms with van der Waals surface area (Å²) in [5.74, 6) is 0.736. The fourth-order valence-electron chi connectivity index (χ4n) is 3.01. The Balaban J connectivity index is 2.25. The maximum atomic E-state index is 3.64. The SMILES string of the molecule is CCNC1CCCC1c1cccc(C)c1C. The molecule has 0 amide bonds. The van der Waals surface area contributed by atoms with Crippen molar-refractivity contribution in [2.45, 2.75) is 52.0 Å². The van der Waals surface area contributed by atoms with Gasteiger partial charge in [0, 0.05) is 6.04 Å². The zero-order valence-corrected chi connectivity index (χ0v) is 10.7. The monoisotopic (exact) mass is 217 g/mol. The van der Waals surface area contributed by atoms with Gasteiger partial charge in [-0.05, 0) is 55.8 Å². The van der Waals surface area contributed by atoms with E-state index in [1.807, 2.05) is 0 Å². The summed E-state index contributed by atoms with van der Waals surface area (Å²) in [7, 11) is 0. The van der Waals surface area contributed by atoms with Crippen LogP contribution >= 0.6 is 0 Å². The first-order valence-electron chi connectivity index (χ1n) is 6.53. The van der Waals surface area contributed by atoms with Crippen molar-refractivity contribution in [1.29, 1.82) is 0 Å². The van der Waals surface area contributed by atoms with Crippen LogP contribution in [0.25, 0.3) is 0 Å². The molecule has 0 spiro atoms. The van der Waals surface area contributed by atoms with Crippen molar-refractivity contribution in [3.63, 3.8) is 0 Å². The van der Waals surface area contributed by atoms with E-state index in [1.165, 1.54) is 30.4 Å². The number of aryl methyl sites for hydroxylation is 1. The Labute approximate surface area is 99.3 Å². The van der Waals surface area contributed by atoms with Gasteiger partial charge in [0.2, 0.25) is 0 Å². The summed E-state index contributed by atoms with van der Waals surface area (Å²) >= 11 is 0. The second kappa shape index (κ2) is 5.01. The highest BCUT2D eigenvalue weighted by Gasteiger charge is 2.28. The third kappa shape index (κ3) is 2.15. The fraction of sp³-hybridized carbons (Fsp3) is 0.600. The minimum Gasteiger partial charge on any atom is -0.314 e. The molecule has 0 heterocycles. The molecule has 1 N–H and O–H groups in total. The van der Waals surface area contributed by atoms with E-state index < -0.39 is 0 Å². The Morgan fingerprint density at radius 1 is 1.25 bits per heavy atom. The highest BCUT2D eigenvalue weighted by molar-refractivity contribution is 5.37. The van der Waals surface area contributed by atoms with Crippen LogP contribution in [0.5, 0.6) is 0 Å². The van der Waals surface area contributed by atoms with Crippen LogP contribution in [0.15, 0.2) is 18.2 Å². The zero-order valence-electron chi connectivity index (χ0n) is 10.7. The number of benzene rings is 1. The molecule has 2 atom stereocenters. The van der Waals surface area contributed by atoms with E-state index in [9.17, 15) is 0 Å². The minimum atomic E-state index is 0.700. The lowest BCUT2D eigenvalue weighted by atomic mass is 9.89. The molecule has 0 aliphatic heterocycles. The number of hydrogen-bond acceptors (Lipinski definition) is 1. The van der Waals surface area contributed by atoms with E-state index >= 15 is 0 Å². The van der Waals surface area contributed by atoms with Crippen LogP contribution < -0.4 is 5.32 Å². The number of rotatable bonds is 3. The maximum Gasteiger partial charge on any atom is 0.0136 e. The van der Waals surface area contributed by atoms with Crippen molar-refractivity contribution >= 4 is 0 Å². The Bertz CT molecular complexity index is 356. The highest BCUT2D eigenvalue weighted by atomic mass is 14.9. The topological polar surface area (TPSA) is 12.0 Å². The third-order valence-corrected chi connectivity index (χ3v) is 4.03. The van der Waals surface area contributed by atoms with Crippen molar-refractivity contribution in [1.82, 2.24) is 5.32 Å². The summed E-state index contributed by atoms with van der Waals surface area (Å²) in [6, 6.07) is 7.45. The van der Waals surface area contributed by atoms with Crippen molar-refractivity contribution < 1.29 is 0 Å². The summed E-state index contributed by atoms with van der Waals surface area (Å²) < 4.78 is 0. The van der Waals surface area contributed by atoms with Crippen molar-refractivity contribution in [2.24, 2.45) is 0 Å². The predicted octanol–water partition coefficient (Wildman–Crippen LogP) is 3.55. The fourth-order valence-corrected chi connectivity index (χ4v) is 3.01. The molecule has 0 aromatic heterocycles. The summed E-state index contributed by atoms with van der Waals surface area (Å²) in [6.07, 6.45) is 4.06. The second-order valence-corrected chi connectivity index (χ2v) is 4.99. The normalized spacial score (nSPS) is 24.9. The summed E-state index contributed by atoms with van der Waals surface area (Å²) in [4.78, 5) is 0. The number of hydrogen-bond donors (Lipinski definition) is 1. The summed E-state index contributed by atoms with van der Waals surface area (Å²) in [5.41, 5.74) is 4.50. The first-order valence-corrected chi connectivity index (χ1v) is 6.53. The van der Waals surface area contributed by atoms with Crippen molar-refractivity contribution in [3.8, 4) is 0 Å². The Morgan fingerprint density at radius 2 is 2.06 bits per heavy atom. The molecular weight excluding hydrogens is 194 g/mol. The van der Waals surface area contributed by atoms with E-state index in [4.69, 9.17) is 0 Å². The zero-order chi connectivity index (χ0) is 11.5. The molecule has 1 aliphatic rings. The Kier molecular flexibility index (Phi) is 3.65. The molecule has 1 fully saturated rings. The molecule has 1 aromatic rings. The van der Waals surface area contributed by atoms with Gasteiger partial charge in [0.25, 0.3) is 0 Å². The molecule has 0 saturated heterocycles. The van der Waals surface area contributed by atoms with Gasteiger partial charge >= 0.3 is 0 Å². The van der Waals surface area contributed by atoms with Gasteiger partial charge in [-0.15, -0.1) is 0 Å². The van der Waals surface area contributed by atoms with Crippen LogP contribution in [0.1, 0.15) is 48.8 Å². The van der Waals surface area contributed by atoms with E-state index in [0.29, 0.717) is 6.04 Å². The highest BCUT2D eigenvalue weighted by Crippen LogP contribution is 2.36. The largest absolute Gasteiger partial charge is 0.314 e. The molecule has 2 unspecified atom stereocenters. The van der Waals surface area contributed by atoms with E-state index in [-0.39, 0.29) is 0 Å². The third-order valence-electron chi connectivity index (χ3n) is 4.03. The van der Waals surface area contributed by atoms with E-state index in [0.717, 1.165) is 12.5 Å². The van der Waals surface area contributed by atoms with Gasteiger partial charge in [-0.1, -0.05) is 31.5 Å². The smallest absolute Gasteiger partial charge is 0.0136 e. The van der Waals surface area contributed by atoms with E-state index in [1.54, 1.807) is 5.56 Å². The minimum absolute atomic E-state index is 0.700. The van der Waals surface area contributed by atoms with E-state index in [2.05, 4.69) is 44.3 Å². The molecule has 1 saturated carbocycles. The average molecular weight is 217 g/mol.